The normalized spacial score (nSPS) is 46.4. The van der Waals surface area contributed by atoms with Gasteiger partial charge in [0.2, 0.25) is 0 Å². The first kappa shape index (κ1) is 10.8. The summed E-state index contributed by atoms with van der Waals surface area (Å²) in [6.45, 7) is 0.294. The number of aliphatic hydroxyl groups is 4. The van der Waals surface area contributed by atoms with Crippen molar-refractivity contribution in [2.45, 2.75) is 30.7 Å². The summed E-state index contributed by atoms with van der Waals surface area (Å²) in [6.07, 6.45) is -6.17. The second kappa shape index (κ2) is 4.32. The third-order valence-electron chi connectivity index (χ3n) is 2.09. The van der Waals surface area contributed by atoms with Gasteiger partial charge >= 0.3 is 0 Å². The molecule has 0 aromatic rings. The van der Waals surface area contributed by atoms with Crippen LogP contribution in [0.3, 0.4) is 0 Å². The van der Waals surface area contributed by atoms with Crippen LogP contribution in [0.15, 0.2) is 0 Å². The third-order valence-corrected chi connectivity index (χ3v) is 2.09. The Morgan fingerprint density at radius 3 is 2.23 bits per heavy atom. The van der Waals surface area contributed by atoms with E-state index in [1.807, 2.05) is 0 Å². The number of ether oxygens (including phenoxy) is 1. The molecule has 1 aliphatic rings. The molecular formula is C7H15NO5. The molecule has 78 valence electrons. The van der Waals surface area contributed by atoms with Crippen molar-refractivity contribution in [3.8, 4) is 0 Å². The maximum atomic E-state index is 9.37. The van der Waals surface area contributed by atoms with Gasteiger partial charge < -0.3 is 30.5 Å². The number of nitrogens with one attached hydrogen (secondary N) is 1. The lowest BCUT2D eigenvalue weighted by molar-refractivity contribution is -0.280. The number of aliphatic hydroxyl groups excluding tert-OH is 4. The summed E-state index contributed by atoms with van der Waals surface area (Å²) in [6, 6.07) is 0. The topological polar surface area (TPSA) is 102 Å². The van der Waals surface area contributed by atoms with Gasteiger partial charge in [-0.25, -0.2) is 0 Å². The van der Waals surface area contributed by atoms with Crippen LogP contribution in [0, 0.1) is 0 Å². The van der Waals surface area contributed by atoms with E-state index in [-0.39, 0.29) is 0 Å². The van der Waals surface area contributed by atoms with Crippen LogP contribution in [0.2, 0.25) is 0 Å². The summed E-state index contributed by atoms with van der Waals surface area (Å²) in [4.78, 5) is 0. The summed E-state index contributed by atoms with van der Waals surface area (Å²) in [7, 11) is 1.65. The molecule has 0 bridgehead atoms. The van der Waals surface area contributed by atoms with E-state index in [0.29, 0.717) is 6.54 Å². The smallest absolute Gasteiger partial charge is 0.184 e. The quantitative estimate of drug-likeness (QED) is 0.320. The zero-order valence-electron chi connectivity index (χ0n) is 7.29. The molecule has 13 heavy (non-hydrogen) atoms. The number of hydrogen-bond donors (Lipinski definition) is 5. The summed E-state index contributed by atoms with van der Waals surface area (Å²) >= 11 is 0. The number of hydrogen-bond acceptors (Lipinski definition) is 6. The van der Waals surface area contributed by atoms with Gasteiger partial charge in [0.05, 0.1) is 0 Å². The minimum absolute atomic E-state index is 0.294. The minimum Gasteiger partial charge on any atom is -0.388 e. The molecule has 0 saturated carbocycles. The Morgan fingerprint density at radius 2 is 1.69 bits per heavy atom. The Balaban J connectivity index is 2.59. The van der Waals surface area contributed by atoms with Crippen molar-refractivity contribution in [2.24, 2.45) is 0 Å². The molecule has 1 rings (SSSR count). The maximum Gasteiger partial charge on any atom is 0.184 e. The Bertz CT molecular complexity index is 167. The molecule has 1 saturated heterocycles. The summed E-state index contributed by atoms with van der Waals surface area (Å²) in [5.74, 6) is 0. The second-order valence-electron chi connectivity index (χ2n) is 3.09. The SMILES string of the molecule is CNCC1OC(O)C(O)[C@@H](O)[C@@H]1O. The van der Waals surface area contributed by atoms with Gasteiger partial charge in [0.1, 0.15) is 24.4 Å². The summed E-state index contributed by atoms with van der Waals surface area (Å²) < 4.78 is 4.85. The predicted octanol–water partition coefficient (Wildman–Crippen LogP) is -2.99. The molecule has 0 aliphatic carbocycles. The van der Waals surface area contributed by atoms with E-state index in [9.17, 15) is 10.2 Å². The van der Waals surface area contributed by atoms with Crippen molar-refractivity contribution in [1.82, 2.24) is 5.32 Å². The Labute approximate surface area is 75.8 Å². The highest BCUT2D eigenvalue weighted by Crippen LogP contribution is 2.18. The first-order valence-electron chi connectivity index (χ1n) is 4.10. The number of rotatable bonds is 2. The molecule has 5 atom stereocenters. The molecule has 1 heterocycles. The molecule has 0 aromatic carbocycles. The first-order chi connectivity index (χ1) is 6.07. The van der Waals surface area contributed by atoms with Gasteiger partial charge in [-0.2, -0.15) is 0 Å². The average Bonchev–Trinajstić information content (AvgIpc) is 2.11. The summed E-state index contributed by atoms with van der Waals surface area (Å²) in [5.41, 5.74) is 0. The van der Waals surface area contributed by atoms with E-state index in [1.165, 1.54) is 0 Å². The van der Waals surface area contributed by atoms with Crippen molar-refractivity contribution < 1.29 is 25.2 Å². The van der Waals surface area contributed by atoms with Crippen molar-refractivity contribution in [2.75, 3.05) is 13.6 Å². The lowest BCUT2D eigenvalue weighted by Crippen LogP contribution is -2.59. The lowest BCUT2D eigenvalue weighted by Gasteiger charge is -2.38. The highest BCUT2D eigenvalue weighted by atomic mass is 16.6. The molecule has 6 heteroatoms. The Morgan fingerprint density at radius 1 is 1.08 bits per heavy atom. The number of likely N-dealkylation sites (N-methyl/N-ethyl adjacent to an activating group) is 1. The molecule has 5 N–H and O–H groups in total. The highest BCUT2D eigenvalue weighted by Gasteiger charge is 2.42. The van der Waals surface area contributed by atoms with E-state index >= 15 is 0 Å². The van der Waals surface area contributed by atoms with Crippen LogP contribution in [-0.2, 0) is 4.74 Å². The molecule has 6 nitrogen and oxygen atoms in total. The van der Waals surface area contributed by atoms with Gasteiger partial charge in [-0.3, -0.25) is 0 Å². The van der Waals surface area contributed by atoms with E-state index in [1.54, 1.807) is 7.05 Å². The average molecular weight is 193 g/mol. The lowest BCUT2D eigenvalue weighted by atomic mass is 9.99. The van der Waals surface area contributed by atoms with Gasteiger partial charge in [-0.05, 0) is 7.05 Å². The highest BCUT2D eigenvalue weighted by molar-refractivity contribution is 4.89. The maximum absolute atomic E-state index is 9.37. The Hall–Kier alpha value is -0.240. The molecule has 1 fully saturated rings. The molecular weight excluding hydrogens is 178 g/mol. The fourth-order valence-electron chi connectivity index (χ4n) is 1.30. The zero-order chi connectivity index (χ0) is 10.0. The fraction of sp³-hybridized carbons (Fsp3) is 1.00. The molecule has 3 unspecified atom stereocenters. The van der Waals surface area contributed by atoms with Gasteiger partial charge in [0, 0.05) is 6.54 Å². The Kier molecular flexibility index (Phi) is 3.60. The molecule has 0 radical (unpaired) electrons. The first-order valence-corrected chi connectivity index (χ1v) is 4.10. The second-order valence-corrected chi connectivity index (χ2v) is 3.09. The van der Waals surface area contributed by atoms with Crippen LogP contribution in [0.4, 0.5) is 0 Å². The van der Waals surface area contributed by atoms with E-state index in [0.717, 1.165) is 0 Å². The van der Waals surface area contributed by atoms with Crippen molar-refractivity contribution >= 4 is 0 Å². The van der Waals surface area contributed by atoms with Crippen LogP contribution in [0.25, 0.3) is 0 Å². The fourth-order valence-corrected chi connectivity index (χ4v) is 1.30. The van der Waals surface area contributed by atoms with Gasteiger partial charge in [0.15, 0.2) is 6.29 Å². The zero-order valence-corrected chi connectivity index (χ0v) is 7.29. The van der Waals surface area contributed by atoms with Crippen LogP contribution in [0.5, 0.6) is 0 Å². The molecule has 0 spiro atoms. The molecule has 0 amide bonds. The van der Waals surface area contributed by atoms with Gasteiger partial charge in [-0.1, -0.05) is 0 Å². The van der Waals surface area contributed by atoms with Crippen LogP contribution in [0.1, 0.15) is 0 Å². The predicted molar refractivity (Wildman–Crippen MR) is 42.8 cm³/mol. The molecule has 1 aliphatic heterocycles. The van der Waals surface area contributed by atoms with Crippen LogP contribution in [-0.4, -0.2) is 64.7 Å². The van der Waals surface area contributed by atoms with Crippen LogP contribution >= 0.6 is 0 Å². The van der Waals surface area contributed by atoms with Gasteiger partial charge in [-0.15, -0.1) is 0 Å². The van der Waals surface area contributed by atoms with Crippen LogP contribution < -0.4 is 5.32 Å². The summed E-state index contributed by atoms with van der Waals surface area (Å²) in [5, 5.41) is 39.5. The molecule has 0 aromatic heterocycles. The standard InChI is InChI=1S/C7H15NO5/c1-8-2-3-4(9)5(10)6(11)7(12)13-3/h3-12H,2H2,1H3/t3?,4-,5+,6?,7?/m1/s1. The minimum atomic E-state index is -1.46. The largest absolute Gasteiger partial charge is 0.388 e. The third kappa shape index (κ3) is 2.16. The van der Waals surface area contributed by atoms with E-state index in [2.05, 4.69) is 5.32 Å². The monoisotopic (exact) mass is 193 g/mol. The van der Waals surface area contributed by atoms with Crippen molar-refractivity contribution in [1.29, 1.82) is 0 Å². The van der Waals surface area contributed by atoms with Crippen molar-refractivity contribution in [3.05, 3.63) is 0 Å². The van der Waals surface area contributed by atoms with E-state index < -0.39 is 30.7 Å². The van der Waals surface area contributed by atoms with Crippen molar-refractivity contribution in [3.63, 3.8) is 0 Å². The van der Waals surface area contributed by atoms with Gasteiger partial charge in [0.25, 0.3) is 0 Å². The van der Waals surface area contributed by atoms with E-state index in [4.69, 9.17) is 14.9 Å².